The number of nitrogens with one attached hydrogen (secondary N) is 3. The minimum atomic E-state index is -4.13. The highest BCUT2D eigenvalue weighted by Crippen LogP contribution is 2.36. The Kier molecular flexibility index (Phi) is 10.5. The van der Waals surface area contributed by atoms with E-state index in [0.29, 0.717) is 37.1 Å². The van der Waals surface area contributed by atoms with Crippen LogP contribution in [-0.4, -0.2) is 54.4 Å². The van der Waals surface area contributed by atoms with Gasteiger partial charge >= 0.3 is 0 Å². The van der Waals surface area contributed by atoms with Crippen molar-refractivity contribution in [3.63, 3.8) is 0 Å². The van der Waals surface area contributed by atoms with Gasteiger partial charge in [0, 0.05) is 44.0 Å². The van der Waals surface area contributed by atoms with Gasteiger partial charge < -0.3 is 15.4 Å². The molecule has 238 valence electrons. The lowest BCUT2D eigenvalue weighted by molar-refractivity contribution is 0.254. The summed E-state index contributed by atoms with van der Waals surface area (Å²) < 4.78 is 91.4. The third-order valence-electron chi connectivity index (χ3n) is 7.92. The van der Waals surface area contributed by atoms with Crippen LogP contribution in [-0.2, 0) is 10.0 Å². The first-order valence-corrected chi connectivity index (χ1v) is 16.6. The number of nitrogens with zero attached hydrogens (tertiary/aromatic N) is 3. The molecule has 3 heterocycles. The number of hydrogen-bond donors (Lipinski definition) is 3. The Morgan fingerprint density at radius 2 is 1.82 bits per heavy atom. The Labute approximate surface area is 254 Å². The van der Waals surface area contributed by atoms with Gasteiger partial charge in [-0.1, -0.05) is 44.9 Å². The summed E-state index contributed by atoms with van der Waals surface area (Å²) in [6, 6.07) is 5.00. The Hall–Kier alpha value is -3.52. The molecule has 0 unspecified atom stereocenters. The molecule has 0 spiro atoms. The minimum Gasteiger partial charge on any atom is -0.435 e. The zero-order valence-corrected chi connectivity index (χ0v) is 25.0. The number of aromatic nitrogens is 3. The van der Waals surface area contributed by atoms with E-state index in [9.17, 15) is 17.2 Å². The number of alkyl halides is 1. The van der Waals surface area contributed by atoms with Gasteiger partial charge in [-0.15, -0.1) is 0 Å². The standard InChI is InChI=1S/C30H36F4N6O3S/c31-20-15-21(18-35-17-20)38-30-37-13-11-24(39-30)22-10-6-12-36-29(22)43-25-16-23(32)28(27(34)26(25)33)40-44(41,42)14-5-4-9-19-7-2-1-3-8-19/h6,10-13,16,19-21,35,40H,1-5,7-9,14-15,17-18H2,(H,37,38,39)/t20-,21-/m0/s1. The van der Waals surface area contributed by atoms with Gasteiger partial charge in [-0.25, -0.2) is 36.5 Å². The van der Waals surface area contributed by atoms with Crippen molar-refractivity contribution in [3.05, 3.63) is 54.1 Å². The highest BCUT2D eigenvalue weighted by atomic mass is 32.2. The molecule has 2 atom stereocenters. The summed E-state index contributed by atoms with van der Waals surface area (Å²) in [5.74, 6) is -5.23. The van der Waals surface area contributed by atoms with Crippen LogP contribution in [0.2, 0.25) is 0 Å². The summed E-state index contributed by atoms with van der Waals surface area (Å²) in [5.41, 5.74) is -0.538. The number of ether oxygens (including phenoxy) is 1. The van der Waals surface area contributed by atoms with E-state index >= 15 is 8.78 Å². The zero-order chi connectivity index (χ0) is 31.1. The normalized spacial score (nSPS) is 19.5. The molecule has 0 amide bonds. The number of sulfonamides is 1. The number of pyridine rings is 1. The van der Waals surface area contributed by atoms with Crippen molar-refractivity contribution in [3.8, 4) is 22.9 Å². The molecular weight excluding hydrogens is 600 g/mol. The second-order valence-electron chi connectivity index (χ2n) is 11.3. The molecule has 44 heavy (non-hydrogen) atoms. The molecule has 1 saturated carbocycles. The van der Waals surface area contributed by atoms with Crippen molar-refractivity contribution in [2.45, 2.75) is 70.0 Å². The average molecular weight is 637 g/mol. The topological polar surface area (TPSA) is 118 Å². The van der Waals surface area contributed by atoms with Crippen LogP contribution in [0, 0.1) is 23.4 Å². The van der Waals surface area contributed by atoms with E-state index in [1.807, 2.05) is 4.72 Å². The van der Waals surface area contributed by atoms with E-state index in [4.69, 9.17) is 4.74 Å². The lowest BCUT2D eigenvalue weighted by Gasteiger charge is -2.26. The van der Waals surface area contributed by atoms with Crippen LogP contribution in [0.25, 0.3) is 11.3 Å². The van der Waals surface area contributed by atoms with Crippen LogP contribution in [0.15, 0.2) is 36.7 Å². The van der Waals surface area contributed by atoms with Crippen LogP contribution in [0.3, 0.4) is 0 Å². The molecule has 1 aliphatic heterocycles. The van der Waals surface area contributed by atoms with Crippen LogP contribution < -0.4 is 20.1 Å². The maximum atomic E-state index is 15.1. The van der Waals surface area contributed by atoms with Crippen LogP contribution in [0.5, 0.6) is 11.6 Å². The van der Waals surface area contributed by atoms with Gasteiger partial charge in [0.05, 0.1) is 17.0 Å². The van der Waals surface area contributed by atoms with Crippen LogP contribution in [0.1, 0.15) is 57.8 Å². The van der Waals surface area contributed by atoms with Crippen molar-refractivity contribution < 1.29 is 30.7 Å². The third-order valence-corrected chi connectivity index (χ3v) is 9.26. The fraction of sp³-hybridized carbons (Fsp3) is 0.500. The molecule has 0 radical (unpaired) electrons. The number of rotatable bonds is 12. The predicted molar refractivity (Wildman–Crippen MR) is 159 cm³/mol. The van der Waals surface area contributed by atoms with Gasteiger partial charge in [0.15, 0.2) is 17.4 Å². The molecule has 2 aromatic heterocycles. The Bertz CT molecular complexity index is 1540. The van der Waals surface area contributed by atoms with Crippen molar-refractivity contribution in [1.29, 1.82) is 0 Å². The number of anilines is 2. The molecule has 5 rings (SSSR count). The molecular formula is C30H36F4N6O3S. The highest BCUT2D eigenvalue weighted by Gasteiger charge is 2.26. The molecule has 1 aromatic carbocycles. The number of halogens is 4. The number of unbranched alkanes of at least 4 members (excludes halogenated alkanes) is 1. The summed E-state index contributed by atoms with van der Waals surface area (Å²) in [5, 5.41) is 6.05. The molecule has 2 fully saturated rings. The lowest BCUT2D eigenvalue weighted by atomic mass is 9.86. The number of benzene rings is 1. The molecule has 1 aliphatic carbocycles. The average Bonchev–Trinajstić information content (AvgIpc) is 3.01. The Balaban J connectivity index is 1.27. The number of hydrogen-bond acceptors (Lipinski definition) is 8. The second kappa shape index (κ2) is 14.5. The van der Waals surface area contributed by atoms with Gasteiger partial charge in [0.2, 0.25) is 27.7 Å². The Morgan fingerprint density at radius 1 is 1.00 bits per heavy atom. The summed E-state index contributed by atoms with van der Waals surface area (Å²) >= 11 is 0. The monoisotopic (exact) mass is 636 g/mol. The van der Waals surface area contributed by atoms with Crippen molar-refractivity contribution in [1.82, 2.24) is 20.3 Å². The van der Waals surface area contributed by atoms with E-state index in [2.05, 4.69) is 25.6 Å². The van der Waals surface area contributed by atoms with Crippen molar-refractivity contribution in [2.75, 3.05) is 28.9 Å². The molecule has 2 aliphatic rings. The van der Waals surface area contributed by atoms with E-state index < -0.39 is 45.1 Å². The van der Waals surface area contributed by atoms with Gasteiger partial charge in [0.25, 0.3) is 0 Å². The van der Waals surface area contributed by atoms with Gasteiger partial charge in [-0.05, 0) is 30.5 Å². The molecule has 1 saturated heterocycles. The molecule has 9 nitrogen and oxygen atoms in total. The summed E-state index contributed by atoms with van der Waals surface area (Å²) in [4.78, 5) is 12.7. The second-order valence-corrected chi connectivity index (χ2v) is 13.2. The summed E-state index contributed by atoms with van der Waals surface area (Å²) in [6.45, 7) is 0.804. The van der Waals surface area contributed by atoms with E-state index in [-0.39, 0.29) is 42.2 Å². The third kappa shape index (κ3) is 8.35. The van der Waals surface area contributed by atoms with Crippen molar-refractivity contribution >= 4 is 21.7 Å². The summed E-state index contributed by atoms with van der Waals surface area (Å²) in [7, 11) is -4.13. The van der Waals surface area contributed by atoms with Gasteiger partial charge in [-0.3, -0.25) is 4.72 Å². The van der Waals surface area contributed by atoms with Gasteiger partial charge in [-0.2, -0.15) is 4.39 Å². The summed E-state index contributed by atoms with van der Waals surface area (Å²) in [6.07, 6.45) is 9.92. The van der Waals surface area contributed by atoms with E-state index in [1.54, 1.807) is 12.1 Å². The molecule has 3 aromatic rings. The van der Waals surface area contributed by atoms with Gasteiger partial charge in [0.1, 0.15) is 11.9 Å². The molecule has 3 N–H and O–H groups in total. The highest BCUT2D eigenvalue weighted by molar-refractivity contribution is 7.92. The fourth-order valence-corrected chi connectivity index (χ4v) is 6.86. The maximum absolute atomic E-state index is 15.1. The van der Waals surface area contributed by atoms with Crippen molar-refractivity contribution in [2.24, 2.45) is 5.92 Å². The van der Waals surface area contributed by atoms with Crippen LogP contribution in [0.4, 0.5) is 29.2 Å². The van der Waals surface area contributed by atoms with Crippen LogP contribution >= 0.6 is 0 Å². The fourth-order valence-electron chi connectivity index (χ4n) is 5.68. The maximum Gasteiger partial charge on any atom is 0.232 e. The zero-order valence-electron chi connectivity index (χ0n) is 24.2. The first-order valence-electron chi connectivity index (χ1n) is 14.9. The smallest absolute Gasteiger partial charge is 0.232 e. The largest absolute Gasteiger partial charge is 0.435 e. The first kappa shape index (κ1) is 31.9. The molecule has 0 bridgehead atoms. The minimum absolute atomic E-state index is 0.204. The SMILES string of the molecule is O=S(=O)(CCCCC1CCCCC1)Nc1c(F)cc(Oc2ncccc2-c2ccnc(N[C@@H]3CNC[C@@H](F)C3)n2)c(F)c1F. The quantitative estimate of drug-likeness (QED) is 0.120. The first-order chi connectivity index (χ1) is 21.2. The number of piperidine rings is 1. The Morgan fingerprint density at radius 3 is 2.61 bits per heavy atom. The van der Waals surface area contributed by atoms with E-state index in [0.717, 1.165) is 19.3 Å². The predicted octanol–water partition coefficient (Wildman–Crippen LogP) is 6.35. The molecule has 14 heteroatoms. The lowest BCUT2D eigenvalue weighted by Crippen LogP contribution is -2.44. The van der Waals surface area contributed by atoms with E-state index in [1.165, 1.54) is 37.7 Å².